The summed E-state index contributed by atoms with van der Waals surface area (Å²) in [5.41, 5.74) is 9.26. The molecule has 3 N–H and O–H groups in total. The van der Waals surface area contributed by atoms with Gasteiger partial charge in [-0.25, -0.2) is 9.18 Å². The zero-order valence-corrected chi connectivity index (χ0v) is 13.8. The molecule has 1 aromatic carbocycles. The Morgan fingerprint density at radius 3 is 3.04 bits per heavy atom. The lowest BCUT2D eigenvalue weighted by molar-refractivity contribution is 0.0517. The van der Waals surface area contributed by atoms with Gasteiger partial charge in [0.1, 0.15) is 5.82 Å². The average molecular weight is 332 g/mol. The van der Waals surface area contributed by atoms with Gasteiger partial charge in [0.25, 0.3) is 0 Å². The molecule has 0 spiro atoms. The van der Waals surface area contributed by atoms with Crippen molar-refractivity contribution in [2.45, 2.75) is 32.9 Å². The van der Waals surface area contributed by atoms with Gasteiger partial charge in [-0.3, -0.25) is 4.68 Å². The zero-order valence-electron chi connectivity index (χ0n) is 13.8. The molecule has 0 amide bonds. The molecule has 0 bridgehead atoms. The maximum Gasteiger partial charge on any atom is 0.359 e. The summed E-state index contributed by atoms with van der Waals surface area (Å²) >= 11 is 0. The van der Waals surface area contributed by atoms with Gasteiger partial charge >= 0.3 is 5.97 Å². The largest absolute Gasteiger partial charge is 0.461 e. The molecule has 3 rings (SSSR count). The summed E-state index contributed by atoms with van der Waals surface area (Å²) in [7, 11) is 0. The summed E-state index contributed by atoms with van der Waals surface area (Å²) in [5.74, 6) is -0.592. The van der Waals surface area contributed by atoms with Gasteiger partial charge in [0.2, 0.25) is 0 Å². The summed E-state index contributed by atoms with van der Waals surface area (Å²) in [6.45, 7) is 5.91. The Kier molecular flexibility index (Phi) is 4.53. The second kappa shape index (κ2) is 6.60. The van der Waals surface area contributed by atoms with Crippen LogP contribution in [0.2, 0.25) is 0 Å². The number of nitrogens with one attached hydrogen (secondary N) is 1. The summed E-state index contributed by atoms with van der Waals surface area (Å²) in [4.78, 5) is 12.2. The minimum Gasteiger partial charge on any atom is -0.461 e. The predicted octanol–water partition coefficient (Wildman–Crippen LogP) is 2.04. The van der Waals surface area contributed by atoms with E-state index in [2.05, 4.69) is 17.3 Å². The zero-order chi connectivity index (χ0) is 17.3. The van der Waals surface area contributed by atoms with Crippen molar-refractivity contribution in [2.75, 3.05) is 18.9 Å². The summed E-state index contributed by atoms with van der Waals surface area (Å²) in [5, 5.41) is 7.76. The number of hydrogen-bond acceptors (Lipinski definition) is 5. The standard InChI is InChI=1S/C17H21FN4O2/c1-3-24-17(23)15-13-8-20-7-10(2)16(13)22(21-15)9-11-4-5-12(18)6-14(11)19/h4-6,10,20H,3,7-9,19H2,1-2H3. The van der Waals surface area contributed by atoms with Crippen LogP contribution in [-0.2, 0) is 17.8 Å². The molecule has 7 heteroatoms. The van der Waals surface area contributed by atoms with Crippen LogP contribution in [0.1, 0.15) is 47.1 Å². The van der Waals surface area contributed by atoms with Gasteiger partial charge in [-0.05, 0) is 24.6 Å². The van der Waals surface area contributed by atoms with Crippen molar-refractivity contribution >= 4 is 11.7 Å². The van der Waals surface area contributed by atoms with E-state index in [0.29, 0.717) is 31.1 Å². The van der Waals surface area contributed by atoms with Gasteiger partial charge in [-0.15, -0.1) is 0 Å². The third-order valence-electron chi connectivity index (χ3n) is 4.21. The monoisotopic (exact) mass is 332 g/mol. The van der Waals surface area contributed by atoms with Crippen LogP contribution in [0.4, 0.5) is 10.1 Å². The Balaban J connectivity index is 2.02. The number of fused-ring (bicyclic) bond motifs is 1. The van der Waals surface area contributed by atoms with Crippen molar-refractivity contribution in [3.63, 3.8) is 0 Å². The first-order valence-electron chi connectivity index (χ1n) is 8.02. The molecule has 128 valence electrons. The van der Waals surface area contributed by atoms with Crippen molar-refractivity contribution in [3.05, 3.63) is 46.5 Å². The third-order valence-corrected chi connectivity index (χ3v) is 4.21. The van der Waals surface area contributed by atoms with Crippen LogP contribution in [0.5, 0.6) is 0 Å². The van der Waals surface area contributed by atoms with Gasteiger partial charge in [0.05, 0.1) is 13.2 Å². The number of esters is 1. The highest BCUT2D eigenvalue weighted by atomic mass is 19.1. The number of halogens is 1. The van der Waals surface area contributed by atoms with Gasteiger partial charge in [-0.2, -0.15) is 5.10 Å². The molecule has 6 nitrogen and oxygen atoms in total. The first-order valence-corrected chi connectivity index (χ1v) is 8.02. The molecule has 1 aromatic heterocycles. The van der Waals surface area contributed by atoms with E-state index in [4.69, 9.17) is 10.5 Å². The Morgan fingerprint density at radius 1 is 1.54 bits per heavy atom. The fourth-order valence-electron chi connectivity index (χ4n) is 3.10. The topological polar surface area (TPSA) is 82.2 Å². The highest BCUT2D eigenvalue weighted by Crippen LogP contribution is 2.28. The summed E-state index contributed by atoms with van der Waals surface area (Å²) < 4.78 is 20.1. The number of aromatic nitrogens is 2. The molecule has 1 aliphatic rings. The Morgan fingerprint density at radius 2 is 2.33 bits per heavy atom. The van der Waals surface area contributed by atoms with Crippen LogP contribution < -0.4 is 11.1 Å². The van der Waals surface area contributed by atoms with Crippen LogP contribution in [-0.4, -0.2) is 28.9 Å². The Bertz CT molecular complexity index is 772. The number of ether oxygens (including phenoxy) is 1. The molecule has 24 heavy (non-hydrogen) atoms. The highest BCUT2D eigenvalue weighted by Gasteiger charge is 2.29. The second-order valence-corrected chi connectivity index (χ2v) is 5.97. The van der Waals surface area contributed by atoms with Crippen molar-refractivity contribution in [3.8, 4) is 0 Å². The minimum absolute atomic E-state index is 0.200. The first-order chi connectivity index (χ1) is 11.5. The van der Waals surface area contributed by atoms with E-state index >= 15 is 0 Å². The molecule has 0 fully saturated rings. The number of nitrogen functional groups attached to an aromatic ring is 1. The second-order valence-electron chi connectivity index (χ2n) is 5.97. The van der Waals surface area contributed by atoms with Crippen LogP contribution in [0.25, 0.3) is 0 Å². The van der Waals surface area contributed by atoms with Crippen molar-refractivity contribution < 1.29 is 13.9 Å². The number of carbonyl (C=O) groups is 1. The molecule has 0 radical (unpaired) electrons. The average Bonchev–Trinajstić information content (AvgIpc) is 2.90. The van der Waals surface area contributed by atoms with E-state index in [1.165, 1.54) is 12.1 Å². The van der Waals surface area contributed by atoms with Gasteiger partial charge in [-0.1, -0.05) is 13.0 Å². The van der Waals surface area contributed by atoms with Gasteiger partial charge in [0, 0.05) is 36.0 Å². The number of nitrogens with zero attached hydrogens (tertiary/aromatic N) is 2. The van der Waals surface area contributed by atoms with Crippen LogP contribution in [0.15, 0.2) is 18.2 Å². The minimum atomic E-state index is -0.421. The lowest BCUT2D eigenvalue weighted by Crippen LogP contribution is -2.29. The van der Waals surface area contributed by atoms with Gasteiger partial charge in [0.15, 0.2) is 5.69 Å². The first kappa shape index (κ1) is 16.4. The molecule has 0 saturated heterocycles. The molecule has 0 saturated carbocycles. The summed E-state index contributed by atoms with van der Waals surface area (Å²) in [6.07, 6.45) is 0. The van der Waals surface area contributed by atoms with E-state index in [-0.39, 0.29) is 11.7 Å². The summed E-state index contributed by atoms with van der Waals surface area (Å²) in [6, 6.07) is 4.32. The van der Waals surface area contributed by atoms with E-state index in [1.807, 2.05) is 0 Å². The molecule has 2 aromatic rings. The van der Waals surface area contributed by atoms with Crippen LogP contribution >= 0.6 is 0 Å². The third kappa shape index (κ3) is 2.99. The van der Waals surface area contributed by atoms with Crippen LogP contribution in [0, 0.1) is 5.82 Å². The van der Waals surface area contributed by atoms with Crippen LogP contribution in [0.3, 0.4) is 0 Å². The van der Waals surface area contributed by atoms with Gasteiger partial charge < -0.3 is 15.8 Å². The predicted molar refractivity (Wildman–Crippen MR) is 88.2 cm³/mol. The molecule has 1 aliphatic heterocycles. The Labute approximate surface area is 139 Å². The number of rotatable bonds is 4. The van der Waals surface area contributed by atoms with Crippen molar-refractivity contribution in [1.82, 2.24) is 15.1 Å². The number of nitrogens with two attached hydrogens (primary N) is 1. The lowest BCUT2D eigenvalue weighted by atomic mass is 9.97. The normalized spacial score (nSPS) is 16.7. The highest BCUT2D eigenvalue weighted by molar-refractivity contribution is 5.89. The maximum absolute atomic E-state index is 13.2. The number of anilines is 1. The molecule has 1 atom stereocenters. The Hall–Kier alpha value is -2.41. The lowest BCUT2D eigenvalue weighted by Gasteiger charge is -2.22. The van der Waals surface area contributed by atoms with E-state index in [0.717, 1.165) is 23.4 Å². The van der Waals surface area contributed by atoms with Crippen molar-refractivity contribution in [1.29, 1.82) is 0 Å². The van der Waals surface area contributed by atoms with E-state index in [9.17, 15) is 9.18 Å². The maximum atomic E-state index is 13.2. The quantitative estimate of drug-likeness (QED) is 0.661. The molecule has 1 unspecified atom stereocenters. The molecule has 2 heterocycles. The SMILES string of the molecule is CCOC(=O)c1nn(Cc2ccc(F)cc2N)c2c1CNCC2C. The van der Waals surface area contributed by atoms with Crippen molar-refractivity contribution in [2.24, 2.45) is 0 Å². The number of carbonyl (C=O) groups excluding carboxylic acids is 1. The van der Waals surface area contributed by atoms with E-state index < -0.39 is 5.97 Å². The smallest absolute Gasteiger partial charge is 0.359 e. The number of benzene rings is 1. The fourth-order valence-corrected chi connectivity index (χ4v) is 3.10. The molecular formula is C17H21FN4O2. The number of hydrogen-bond donors (Lipinski definition) is 2. The molecule has 0 aliphatic carbocycles. The van der Waals surface area contributed by atoms with E-state index in [1.54, 1.807) is 17.7 Å². The fraction of sp³-hybridized carbons (Fsp3) is 0.412. The molecular weight excluding hydrogens is 311 g/mol.